The molecule has 0 aromatic heterocycles. The van der Waals surface area contributed by atoms with Crippen molar-refractivity contribution in [3.63, 3.8) is 0 Å². The lowest BCUT2D eigenvalue weighted by molar-refractivity contribution is -0.337. The smallest absolute Gasteiger partial charge is 0.268 e. The molecule has 0 heterocycles. The number of nitrogens with zero attached hydrogens (tertiary/aromatic N) is 1. The van der Waals surface area contributed by atoms with Crippen LogP contribution in [0.1, 0.15) is 11.7 Å². The van der Waals surface area contributed by atoms with E-state index in [4.69, 9.17) is 5.26 Å². The Kier molecular flexibility index (Phi) is 3.10. The molecule has 0 radical (unpaired) electrons. The van der Waals surface area contributed by atoms with E-state index in [2.05, 4.69) is 4.74 Å². The first kappa shape index (κ1) is 10.5. The summed E-state index contributed by atoms with van der Waals surface area (Å²) in [7, 11) is 0. The molecule has 0 saturated carbocycles. The van der Waals surface area contributed by atoms with Crippen molar-refractivity contribution in [3.8, 4) is 6.07 Å². The second kappa shape index (κ2) is 4.11. The summed E-state index contributed by atoms with van der Waals surface area (Å²) in [5.41, 5.74) is 0.187. The van der Waals surface area contributed by atoms with E-state index in [9.17, 15) is 13.2 Å². The molecular weight excluding hydrogens is 195 g/mol. The number of hydrogen-bond donors (Lipinski definition) is 0. The minimum Gasteiger partial charge on any atom is -0.268 e. The zero-order valence-electron chi connectivity index (χ0n) is 6.95. The average Bonchev–Trinajstić information content (AvgIpc) is 2.14. The molecule has 1 aromatic rings. The highest BCUT2D eigenvalue weighted by atomic mass is 19.4. The maximum Gasteiger partial charge on any atom is 0.524 e. The molecule has 0 amide bonds. The van der Waals surface area contributed by atoms with Crippen LogP contribution in [0.2, 0.25) is 0 Å². The molecule has 2 nitrogen and oxygen atoms in total. The maximum absolute atomic E-state index is 11.8. The van der Waals surface area contributed by atoms with Crippen LogP contribution in [0.4, 0.5) is 13.2 Å². The molecule has 1 rings (SSSR count). The van der Waals surface area contributed by atoms with E-state index in [1.54, 1.807) is 18.2 Å². The molecule has 0 aliphatic rings. The third kappa shape index (κ3) is 3.07. The fraction of sp³-hybridized carbons (Fsp3) is 0.222. The highest BCUT2D eigenvalue weighted by molar-refractivity contribution is 5.21. The molecule has 1 aromatic carbocycles. The normalized spacial score (nSPS) is 13.3. The van der Waals surface area contributed by atoms with Gasteiger partial charge in [0.2, 0.25) is 0 Å². The lowest BCUT2D eigenvalue weighted by Gasteiger charge is -2.12. The van der Waals surface area contributed by atoms with Gasteiger partial charge in [0.05, 0.1) is 6.07 Å². The summed E-state index contributed by atoms with van der Waals surface area (Å²) < 4.78 is 39.0. The Labute approximate surface area is 78.5 Å². The second-order valence-electron chi connectivity index (χ2n) is 2.48. The van der Waals surface area contributed by atoms with E-state index in [1.807, 2.05) is 0 Å². The summed E-state index contributed by atoms with van der Waals surface area (Å²) in [6.45, 7) is 0. The summed E-state index contributed by atoms with van der Waals surface area (Å²) >= 11 is 0. The van der Waals surface area contributed by atoms with Gasteiger partial charge >= 0.3 is 6.36 Å². The molecule has 1 unspecified atom stereocenters. The lowest BCUT2D eigenvalue weighted by atomic mass is 10.1. The van der Waals surface area contributed by atoms with Crippen LogP contribution < -0.4 is 0 Å². The van der Waals surface area contributed by atoms with Crippen LogP contribution in [0.25, 0.3) is 0 Å². The van der Waals surface area contributed by atoms with Gasteiger partial charge in [-0.25, -0.2) is 0 Å². The van der Waals surface area contributed by atoms with Crippen LogP contribution in [0.15, 0.2) is 30.3 Å². The van der Waals surface area contributed by atoms with E-state index in [0.717, 1.165) is 0 Å². The lowest BCUT2D eigenvalue weighted by Crippen LogP contribution is -2.17. The quantitative estimate of drug-likeness (QED) is 0.737. The topological polar surface area (TPSA) is 33.0 Å². The van der Waals surface area contributed by atoms with Crippen molar-refractivity contribution >= 4 is 0 Å². The Bertz CT molecular complexity index is 328. The Morgan fingerprint density at radius 1 is 1.21 bits per heavy atom. The van der Waals surface area contributed by atoms with Gasteiger partial charge in [0, 0.05) is 0 Å². The van der Waals surface area contributed by atoms with Crippen molar-refractivity contribution < 1.29 is 17.9 Å². The third-order valence-corrected chi connectivity index (χ3v) is 1.47. The van der Waals surface area contributed by atoms with Gasteiger partial charge in [-0.15, -0.1) is 13.2 Å². The highest BCUT2D eigenvalue weighted by Gasteiger charge is 2.34. The van der Waals surface area contributed by atoms with Gasteiger partial charge in [0.15, 0.2) is 6.10 Å². The fourth-order valence-electron chi connectivity index (χ4n) is 0.930. The van der Waals surface area contributed by atoms with Crippen molar-refractivity contribution in [1.82, 2.24) is 0 Å². The first-order valence-electron chi connectivity index (χ1n) is 3.72. The molecule has 5 heteroatoms. The van der Waals surface area contributed by atoms with Crippen molar-refractivity contribution in [2.45, 2.75) is 12.5 Å². The van der Waals surface area contributed by atoms with Crippen LogP contribution >= 0.6 is 0 Å². The molecule has 0 saturated heterocycles. The minimum atomic E-state index is -4.80. The molecule has 14 heavy (non-hydrogen) atoms. The molecule has 0 aliphatic heterocycles. The number of alkyl halides is 3. The van der Waals surface area contributed by atoms with E-state index in [0.29, 0.717) is 0 Å². The number of ether oxygens (including phenoxy) is 1. The number of benzene rings is 1. The molecule has 0 aliphatic carbocycles. The molecule has 74 valence electrons. The SMILES string of the molecule is N#CC(OC(F)(F)F)c1ccccc1. The third-order valence-electron chi connectivity index (χ3n) is 1.47. The number of hydrogen-bond acceptors (Lipinski definition) is 2. The highest BCUT2D eigenvalue weighted by Crippen LogP contribution is 2.26. The van der Waals surface area contributed by atoms with Gasteiger partial charge in [-0.05, 0) is 5.56 Å². The fourth-order valence-corrected chi connectivity index (χ4v) is 0.930. The first-order valence-corrected chi connectivity index (χ1v) is 3.72. The van der Waals surface area contributed by atoms with Gasteiger partial charge < -0.3 is 0 Å². The van der Waals surface area contributed by atoms with Crippen LogP contribution in [0, 0.1) is 11.3 Å². The monoisotopic (exact) mass is 201 g/mol. The summed E-state index contributed by atoms with van der Waals surface area (Å²) in [5, 5.41) is 8.47. The van der Waals surface area contributed by atoms with Crippen LogP contribution in [-0.4, -0.2) is 6.36 Å². The Morgan fingerprint density at radius 3 is 2.21 bits per heavy atom. The number of rotatable bonds is 2. The molecule has 0 fully saturated rings. The van der Waals surface area contributed by atoms with Crippen molar-refractivity contribution in [2.75, 3.05) is 0 Å². The first-order chi connectivity index (χ1) is 6.53. The standard InChI is InChI=1S/C9H6F3NO/c10-9(11,12)14-8(6-13)7-4-2-1-3-5-7/h1-5,8H. The predicted octanol–water partition coefficient (Wildman–Crippen LogP) is 2.79. The molecule has 0 spiro atoms. The summed E-state index contributed by atoms with van der Waals surface area (Å²) in [4.78, 5) is 0. The van der Waals surface area contributed by atoms with E-state index >= 15 is 0 Å². The Balaban J connectivity index is 2.80. The molecular formula is C9H6F3NO. The Hall–Kier alpha value is -1.54. The number of nitriles is 1. The molecule has 1 atom stereocenters. The number of halogens is 3. The molecule has 0 N–H and O–H groups in total. The van der Waals surface area contributed by atoms with Crippen molar-refractivity contribution in [1.29, 1.82) is 5.26 Å². The van der Waals surface area contributed by atoms with E-state index in [1.165, 1.54) is 18.2 Å². The largest absolute Gasteiger partial charge is 0.524 e. The van der Waals surface area contributed by atoms with Gasteiger partial charge in [0.25, 0.3) is 0 Å². The van der Waals surface area contributed by atoms with Crippen molar-refractivity contribution in [2.24, 2.45) is 0 Å². The Morgan fingerprint density at radius 2 is 1.79 bits per heavy atom. The van der Waals surface area contributed by atoms with Crippen LogP contribution in [0.5, 0.6) is 0 Å². The van der Waals surface area contributed by atoms with Gasteiger partial charge in [-0.1, -0.05) is 30.3 Å². The zero-order chi connectivity index (χ0) is 10.6. The van der Waals surface area contributed by atoms with E-state index in [-0.39, 0.29) is 5.56 Å². The van der Waals surface area contributed by atoms with Gasteiger partial charge in [-0.2, -0.15) is 5.26 Å². The summed E-state index contributed by atoms with van der Waals surface area (Å²) in [5.74, 6) is 0. The van der Waals surface area contributed by atoms with Crippen LogP contribution in [0.3, 0.4) is 0 Å². The van der Waals surface area contributed by atoms with Gasteiger partial charge in [-0.3, -0.25) is 4.74 Å². The van der Waals surface area contributed by atoms with Crippen molar-refractivity contribution in [3.05, 3.63) is 35.9 Å². The van der Waals surface area contributed by atoms with Gasteiger partial charge in [0.1, 0.15) is 0 Å². The van der Waals surface area contributed by atoms with Crippen LogP contribution in [-0.2, 0) is 4.74 Å². The summed E-state index contributed by atoms with van der Waals surface area (Å²) in [6.07, 6.45) is -6.40. The second-order valence-corrected chi connectivity index (χ2v) is 2.48. The molecule has 0 bridgehead atoms. The summed E-state index contributed by atoms with van der Waals surface area (Å²) in [6, 6.07) is 8.96. The maximum atomic E-state index is 11.8. The predicted molar refractivity (Wildman–Crippen MR) is 41.9 cm³/mol. The zero-order valence-corrected chi connectivity index (χ0v) is 6.95. The minimum absolute atomic E-state index is 0.187. The average molecular weight is 201 g/mol. The van der Waals surface area contributed by atoms with E-state index < -0.39 is 12.5 Å².